The van der Waals surface area contributed by atoms with Crippen LogP contribution in [0.15, 0.2) is 60.7 Å². The van der Waals surface area contributed by atoms with Crippen LogP contribution in [0.4, 0.5) is 0 Å². The minimum atomic E-state index is 0.00179. The molecule has 2 heterocycles. The predicted molar refractivity (Wildman–Crippen MR) is 118 cm³/mol. The highest BCUT2D eigenvalue weighted by atomic mass is 16.2. The van der Waals surface area contributed by atoms with Gasteiger partial charge < -0.3 is 9.80 Å². The Hall–Kier alpha value is -3.21. The third-order valence-corrected chi connectivity index (χ3v) is 5.76. The summed E-state index contributed by atoms with van der Waals surface area (Å²) in [6.45, 7) is 4.20. The number of rotatable bonds is 5. The first-order chi connectivity index (χ1) is 14.6. The summed E-state index contributed by atoms with van der Waals surface area (Å²) in [5, 5.41) is 0.971. The summed E-state index contributed by atoms with van der Waals surface area (Å²) < 4.78 is 0. The number of carbonyl (C=O) groups excluding carboxylic acids is 2. The number of para-hydroxylation sites is 1. The van der Waals surface area contributed by atoms with E-state index in [9.17, 15) is 9.59 Å². The van der Waals surface area contributed by atoms with E-state index in [2.05, 4.69) is 17.1 Å². The van der Waals surface area contributed by atoms with Crippen LogP contribution in [-0.2, 0) is 11.2 Å². The highest BCUT2D eigenvalue weighted by Gasteiger charge is 2.25. The Bertz CT molecular complexity index is 1040. The Morgan fingerprint density at radius 1 is 0.900 bits per heavy atom. The second kappa shape index (κ2) is 9.08. The lowest BCUT2D eigenvalue weighted by atomic mass is 10.1. The lowest BCUT2D eigenvalue weighted by Crippen LogP contribution is -2.50. The van der Waals surface area contributed by atoms with Gasteiger partial charge in [0, 0.05) is 38.0 Å². The van der Waals surface area contributed by atoms with Gasteiger partial charge in [-0.25, -0.2) is 0 Å². The molecule has 0 saturated carbocycles. The highest BCUT2D eigenvalue weighted by molar-refractivity contribution is 5.98. The van der Waals surface area contributed by atoms with Crippen LogP contribution in [0.5, 0.6) is 0 Å². The quantitative estimate of drug-likeness (QED) is 0.653. The Balaban J connectivity index is 1.31. The zero-order chi connectivity index (χ0) is 20.9. The number of benzene rings is 2. The number of hydrogen-bond donors (Lipinski definition) is 0. The summed E-state index contributed by atoms with van der Waals surface area (Å²) >= 11 is 0. The van der Waals surface area contributed by atoms with E-state index in [4.69, 9.17) is 0 Å². The molecule has 30 heavy (non-hydrogen) atoms. The number of amides is 2. The molecule has 154 valence electrons. The Kier molecular flexibility index (Phi) is 6.07. The van der Waals surface area contributed by atoms with Crippen LogP contribution < -0.4 is 0 Å². The van der Waals surface area contributed by atoms with Crippen LogP contribution in [0.2, 0.25) is 0 Å². The van der Waals surface area contributed by atoms with Gasteiger partial charge in [0.1, 0.15) is 0 Å². The molecule has 3 aromatic rings. The zero-order valence-corrected chi connectivity index (χ0v) is 17.4. The number of hydrogen-bond acceptors (Lipinski definition) is 3. The average molecular weight is 402 g/mol. The molecule has 0 N–H and O–H groups in total. The number of carbonyl (C=O) groups is 2. The minimum Gasteiger partial charge on any atom is -0.339 e. The average Bonchev–Trinajstić information content (AvgIpc) is 2.79. The van der Waals surface area contributed by atoms with Gasteiger partial charge in [0.05, 0.1) is 16.8 Å². The van der Waals surface area contributed by atoms with Crippen molar-refractivity contribution in [3.05, 3.63) is 77.5 Å². The largest absolute Gasteiger partial charge is 0.339 e. The van der Waals surface area contributed by atoms with Crippen molar-refractivity contribution < 1.29 is 9.59 Å². The van der Waals surface area contributed by atoms with Crippen molar-refractivity contribution in [2.75, 3.05) is 26.2 Å². The van der Waals surface area contributed by atoms with Gasteiger partial charge in [-0.2, -0.15) is 0 Å². The molecule has 5 heteroatoms. The van der Waals surface area contributed by atoms with Crippen LogP contribution in [-0.4, -0.2) is 52.8 Å². The smallest absolute Gasteiger partial charge is 0.255 e. The number of nitrogens with zero attached hydrogens (tertiary/aromatic N) is 3. The maximum atomic E-state index is 13.1. The minimum absolute atomic E-state index is 0.00179. The van der Waals surface area contributed by atoms with Gasteiger partial charge in [-0.05, 0) is 37.5 Å². The van der Waals surface area contributed by atoms with Gasteiger partial charge in [-0.15, -0.1) is 0 Å². The topological polar surface area (TPSA) is 53.5 Å². The van der Waals surface area contributed by atoms with Gasteiger partial charge in [0.2, 0.25) is 5.91 Å². The number of fused-ring (bicyclic) bond motifs is 1. The molecule has 5 nitrogen and oxygen atoms in total. The molecular weight excluding hydrogens is 374 g/mol. The lowest BCUT2D eigenvalue weighted by Gasteiger charge is -2.35. The molecule has 1 saturated heterocycles. The van der Waals surface area contributed by atoms with E-state index in [1.165, 1.54) is 5.56 Å². The molecule has 2 amide bonds. The first kappa shape index (κ1) is 20.1. The number of aromatic nitrogens is 1. The predicted octanol–water partition coefficient (Wildman–Crippen LogP) is 3.85. The first-order valence-electron chi connectivity index (χ1n) is 10.6. The highest BCUT2D eigenvalue weighted by Crippen LogP contribution is 2.19. The van der Waals surface area contributed by atoms with Crippen LogP contribution >= 0.6 is 0 Å². The van der Waals surface area contributed by atoms with Crippen LogP contribution in [0.3, 0.4) is 0 Å². The molecule has 1 aliphatic heterocycles. The van der Waals surface area contributed by atoms with Gasteiger partial charge in [-0.3, -0.25) is 14.6 Å². The summed E-state index contributed by atoms with van der Waals surface area (Å²) in [7, 11) is 0. The van der Waals surface area contributed by atoms with Crippen LogP contribution in [0, 0.1) is 6.92 Å². The molecule has 0 aliphatic carbocycles. The van der Waals surface area contributed by atoms with E-state index >= 15 is 0 Å². The number of pyridine rings is 1. The summed E-state index contributed by atoms with van der Waals surface area (Å²) in [5.74, 6) is 0.184. The van der Waals surface area contributed by atoms with E-state index in [-0.39, 0.29) is 11.8 Å². The second-order valence-corrected chi connectivity index (χ2v) is 7.83. The standard InChI is InChI=1S/C25H27N3O2/c1-19-22(18-21-11-5-6-12-23(21)26-19)25(30)28-16-14-27(15-17-28)24(29)13-7-10-20-8-3-2-4-9-20/h2-6,8-9,11-12,18H,7,10,13-17H2,1H3. The summed E-state index contributed by atoms with van der Waals surface area (Å²) in [4.78, 5) is 33.9. The maximum absolute atomic E-state index is 13.1. The summed E-state index contributed by atoms with van der Waals surface area (Å²) in [5.41, 5.74) is 3.56. The molecule has 0 unspecified atom stereocenters. The monoisotopic (exact) mass is 401 g/mol. The van der Waals surface area contributed by atoms with Crippen LogP contribution in [0.25, 0.3) is 10.9 Å². The molecule has 2 aromatic carbocycles. The van der Waals surface area contributed by atoms with E-state index in [1.54, 1.807) is 0 Å². The molecule has 1 aliphatic rings. The van der Waals surface area contributed by atoms with Gasteiger partial charge in [-0.1, -0.05) is 48.5 Å². The Labute approximate surface area is 177 Å². The molecule has 0 radical (unpaired) electrons. The SMILES string of the molecule is Cc1nc2ccccc2cc1C(=O)N1CCN(C(=O)CCCc2ccccc2)CC1. The van der Waals surface area contributed by atoms with Gasteiger partial charge in [0.25, 0.3) is 5.91 Å². The van der Waals surface area contributed by atoms with Crippen molar-refractivity contribution in [2.24, 2.45) is 0 Å². The molecular formula is C25H27N3O2. The summed E-state index contributed by atoms with van der Waals surface area (Å²) in [6.07, 6.45) is 2.32. The van der Waals surface area contributed by atoms with Gasteiger partial charge >= 0.3 is 0 Å². The van der Waals surface area contributed by atoms with Crippen molar-refractivity contribution >= 4 is 22.7 Å². The van der Waals surface area contributed by atoms with Crippen molar-refractivity contribution in [1.29, 1.82) is 0 Å². The van der Waals surface area contributed by atoms with E-state index < -0.39 is 0 Å². The fraction of sp³-hybridized carbons (Fsp3) is 0.320. The maximum Gasteiger partial charge on any atom is 0.255 e. The third-order valence-electron chi connectivity index (χ3n) is 5.76. The molecule has 0 spiro atoms. The first-order valence-corrected chi connectivity index (χ1v) is 10.6. The van der Waals surface area contributed by atoms with E-state index in [1.807, 2.05) is 65.3 Å². The zero-order valence-electron chi connectivity index (χ0n) is 17.4. The number of aryl methyl sites for hydroxylation is 2. The van der Waals surface area contributed by atoms with Gasteiger partial charge in [0.15, 0.2) is 0 Å². The van der Waals surface area contributed by atoms with Crippen molar-refractivity contribution in [2.45, 2.75) is 26.2 Å². The Morgan fingerprint density at radius 2 is 1.57 bits per heavy atom. The molecule has 1 fully saturated rings. The third kappa shape index (κ3) is 4.51. The normalized spacial score (nSPS) is 14.2. The molecule has 0 bridgehead atoms. The Morgan fingerprint density at radius 3 is 2.33 bits per heavy atom. The van der Waals surface area contributed by atoms with Crippen LogP contribution in [0.1, 0.15) is 34.5 Å². The fourth-order valence-corrected chi connectivity index (χ4v) is 4.00. The van der Waals surface area contributed by atoms with Crippen molar-refractivity contribution in [3.63, 3.8) is 0 Å². The molecule has 1 aromatic heterocycles. The molecule has 4 rings (SSSR count). The number of piperazine rings is 1. The second-order valence-electron chi connectivity index (χ2n) is 7.83. The van der Waals surface area contributed by atoms with E-state index in [0.717, 1.165) is 29.4 Å². The van der Waals surface area contributed by atoms with Crippen molar-refractivity contribution in [3.8, 4) is 0 Å². The molecule has 0 atom stereocenters. The fourth-order valence-electron chi connectivity index (χ4n) is 4.00. The van der Waals surface area contributed by atoms with Crippen molar-refractivity contribution in [1.82, 2.24) is 14.8 Å². The lowest BCUT2D eigenvalue weighted by molar-refractivity contribution is -0.132. The summed E-state index contributed by atoms with van der Waals surface area (Å²) in [6, 6.07) is 20.0. The van der Waals surface area contributed by atoms with E-state index in [0.29, 0.717) is 38.2 Å².